The van der Waals surface area contributed by atoms with Gasteiger partial charge in [-0.3, -0.25) is 9.59 Å². The predicted molar refractivity (Wildman–Crippen MR) is 138 cm³/mol. The number of hydrogen-bond acceptors (Lipinski definition) is 6. The van der Waals surface area contributed by atoms with Crippen LogP contribution in [-0.2, 0) is 11.2 Å². The number of amides is 2. The van der Waals surface area contributed by atoms with E-state index in [1.165, 1.54) is 0 Å². The van der Waals surface area contributed by atoms with Gasteiger partial charge in [-0.1, -0.05) is 35.9 Å². The van der Waals surface area contributed by atoms with E-state index in [4.69, 9.17) is 16.6 Å². The molecule has 5 rings (SSSR count). The van der Waals surface area contributed by atoms with Crippen molar-refractivity contribution in [2.24, 2.45) is 0 Å². The molecule has 0 aliphatic carbocycles. The largest absolute Gasteiger partial charge is 0.353 e. The Morgan fingerprint density at radius 2 is 1.69 bits per heavy atom. The van der Waals surface area contributed by atoms with Crippen molar-refractivity contribution in [1.82, 2.24) is 19.8 Å². The van der Waals surface area contributed by atoms with Crippen LogP contribution in [0.1, 0.15) is 39.8 Å². The summed E-state index contributed by atoms with van der Waals surface area (Å²) >= 11 is 7.78. The lowest BCUT2D eigenvalue weighted by molar-refractivity contribution is -0.131. The number of thiazole rings is 1. The van der Waals surface area contributed by atoms with Gasteiger partial charge in [0, 0.05) is 61.8 Å². The topological polar surface area (TPSA) is 69.6 Å². The highest BCUT2D eigenvalue weighted by molar-refractivity contribution is 7.09. The number of halogens is 1. The summed E-state index contributed by atoms with van der Waals surface area (Å²) in [5.41, 5.74) is 1.40. The van der Waals surface area contributed by atoms with Gasteiger partial charge in [-0.05, 0) is 36.6 Å². The van der Waals surface area contributed by atoms with Crippen molar-refractivity contribution in [3.05, 3.63) is 75.3 Å². The number of carbonyl (C=O) groups is 2. The van der Waals surface area contributed by atoms with E-state index in [9.17, 15) is 9.59 Å². The fourth-order valence-electron chi connectivity index (χ4n) is 4.71. The maximum Gasteiger partial charge on any atom is 0.273 e. The van der Waals surface area contributed by atoms with Crippen LogP contribution in [0.25, 0.3) is 0 Å². The van der Waals surface area contributed by atoms with Crippen molar-refractivity contribution >= 4 is 40.6 Å². The number of rotatable bonds is 5. The molecule has 4 heterocycles. The minimum absolute atomic E-state index is 0.000486. The van der Waals surface area contributed by atoms with E-state index in [2.05, 4.69) is 9.88 Å². The summed E-state index contributed by atoms with van der Waals surface area (Å²) in [6, 6.07) is 13.4. The van der Waals surface area contributed by atoms with Crippen LogP contribution in [0, 0.1) is 0 Å². The van der Waals surface area contributed by atoms with Gasteiger partial charge in [-0.25, -0.2) is 9.97 Å². The van der Waals surface area contributed by atoms with Gasteiger partial charge in [-0.15, -0.1) is 11.3 Å². The van der Waals surface area contributed by atoms with Crippen molar-refractivity contribution in [2.45, 2.75) is 25.2 Å². The molecule has 2 saturated heterocycles. The molecule has 2 aromatic heterocycles. The fourth-order valence-corrected chi connectivity index (χ4v) is 5.87. The molecule has 1 aromatic carbocycles. The summed E-state index contributed by atoms with van der Waals surface area (Å²) in [7, 11) is 0. The number of carbonyl (C=O) groups excluding carboxylic acids is 2. The number of pyridine rings is 1. The third kappa shape index (κ3) is 5.49. The number of piperidine rings is 1. The lowest BCUT2D eigenvalue weighted by Gasteiger charge is -2.35. The number of likely N-dealkylation sites (tertiary alicyclic amines) is 1. The summed E-state index contributed by atoms with van der Waals surface area (Å²) in [6.45, 7) is 4.25. The second-order valence-corrected chi connectivity index (χ2v) is 10.3. The Labute approximate surface area is 214 Å². The molecule has 0 unspecified atom stereocenters. The molecule has 0 atom stereocenters. The molecular weight excluding hydrogens is 482 g/mol. The molecule has 182 valence electrons. The third-order valence-corrected chi connectivity index (χ3v) is 8.15. The van der Waals surface area contributed by atoms with E-state index < -0.39 is 0 Å². The third-order valence-electron chi connectivity index (χ3n) is 6.78. The Balaban J connectivity index is 1.12. The van der Waals surface area contributed by atoms with Crippen LogP contribution >= 0.6 is 22.9 Å². The van der Waals surface area contributed by atoms with E-state index in [1.807, 2.05) is 57.6 Å². The smallest absolute Gasteiger partial charge is 0.273 e. The Morgan fingerprint density at radius 1 is 0.943 bits per heavy atom. The molecule has 7 nitrogen and oxygen atoms in total. The molecule has 0 N–H and O–H groups in total. The highest BCUT2D eigenvalue weighted by atomic mass is 35.5. The normalized spacial score (nSPS) is 17.0. The molecule has 0 radical (unpaired) electrons. The van der Waals surface area contributed by atoms with E-state index in [-0.39, 0.29) is 17.7 Å². The molecule has 2 fully saturated rings. The number of aromatic nitrogens is 2. The lowest BCUT2D eigenvalue weighted by atomic mass is 9.97. The molecule has 9 heteroatoms. The second-order valence-electron chi connectivity index (χ2n) is 8.96. The van der Waals surface area contributed by atoms with Gasteiger partial charge in [0.05, 0.1) is 11.4 Å². The van der Waals surface area contributed by atoms with Crippen molar-refractivity contribution in [1.29, 1.82) is 0 Å². The van der Waals surface area contributed by atoms with E-state index in [0.29, 0.717) is 43.3 Å². The quantitative estimate of drug-likeness (QED) is 0.518. The molecular formula is C26H28ClN5O2S. The van der Waals surface area contributed by atoms with Gasteiger partial charge in [0.15, 0.2) is 0 Å². The first-order valence-corrected chi connectivity index (χ1v) is 13.3. The van der Waals surface area contributed by atoms with Gasteiger partial charge in [0.2, 0.25) is 5.91 Å². The SMILES string of the molecule is O=C(Cc1ccccc1Cl)N1CCC(c2nc(C(=O)N3CCN(c4ccccn4)CC3)cs2)CC1. The Kier molecular flexibility index (Phi) is 7.29. The first-order valence-electron chi connectivity index (χ1n) is 12.0. The van der Waals surface area contributed by atoms with Gasteiger partial charge in [-0.2, -0.15) is 0 Å². The van der Waals surface area contributed by atoms with Crippen molar-refractivity contribution < 1.29 is 9.59 Å². The molecule has 35 heavy (non-hydrogen) atoms. The first kappa shape index (κ1) is 23.8. The van der Waals surface area contributed by atoms with Crippen LogP contribution in [0.2, 0.25) is 5.02 Å². The van der Waals surface area contributed by atoms with E-state index in [1.54, 1.807) is 17.5 Å². The van der Waals surface area contributed by atoms with E-state index >= 15 is 0 Å². The minimum atomic E-state index is 0.000486. The van der Waals surface area contributed by atoms with Crippen LogP contribution in [0.5, 0.6) is 0 Å². The molecule has 3 aromatic rings. The lowest BCUT2D eigenvalue weighted by Crippen LogP contribution is -2.49. The van der Waals surface area contributed by atoms with Crippen molar-refractivity contribution in [3.8, 4) is 0 Å². The van der Waals surface area contributed by atoms with Gasteiger partial charge >= 0.3 is 0 Å². The molecule has 2 aliphatic rings. The predicted octanol–water partition coefficient (Wildman–Crippen LogP) is 4.10. The van der Waals surface area contributed by atoms with Gasteiger partial charge < -0.3 is 14.7 Å². The van der Waals surface area contributed by atoms with Crippen LogP contribution in [0.3, 0.4) is 0 Å². The van der Waals surface area contributed by atoms with E-state index in [0.717, 1.165) is 42.3 Å². The Bertz CT molecular complexity index is 1170. The van der Waals surface area contributed by atoms with Crippen LogP contribution < -0.4 is 4.90 Å². The number of piperazine rings is 1. The first-order chi connectivity index (χ1) is 17.1. The summed E-state index contributed by atoms with van der Waals surface area (Å²) < 4.78 is 0. The van der Waals surface area contributed by atoms with Crippen LogP contribution in [0.15, 0.2) is 54.0 Å². The zero-order valence-corrected chi connectivity index (χ0v) is 21.0. The molecule has 0 saturated carbocycles. The molecule has 2 aliphatic heterocycles. The molecule has 2 amide bonds. The maximum absolute atomic E-state index is 13.1. The number of nitrogens with zero attached hydrogens (tertiary/aromatic N) is 5. The summed E-state index contributed by atoms with van der Waals surface area (Å²) in [5, 5.41) is 3.52. The van der Waals surface area contributed by atoms with Crippen molar-refractivity contribution in [2.75, 3.05) is 44.2 Å². The van der Waals surface area contributed by atoms with Gasteiger partial charge in [0.25, 0.3) is 5.91 Å². The highest BCUT2D eigenvalue weighted by Gasteiger charge is 2.28. The monoisotopic (exact) mass is 509 g/mol. The van der Waals surface area contributed by atoms with Crippen LogP contribution in [0.4, 0.5) is 5.82 Å². The fraction of sp³-hybridized carbons (Fsp3) is 0.385. The standard InChI is InChI=1S/C26H28ClN5O2S/c27-21-6-2-1-5-20(21)17-24(33)31-11-8-19(9-12-31)25-29-22(18-35-25)26(34)32-15-13-30(14-16-32)23-7-3-4-10-28-23/h1-7,10,18-19H,8-9,11-17H2. The summed E-state index contributed by atoms with van der Waals surface area (Å²) in [5.74, 6) is 1.34. The summed E-state index contributed by atoms with van der Waals surface area (Å²) in [4.78, 5) is 40.9. The Hall–Kier alpha value is -2.97. The second kappa shape index (κ2) is 10.7. The number of benzene rings is 1. The number of anilines is 1. The summed E-state index contributed by atoms with van der Waals surface area (Å²) in [6.07, 6.45) is 3.84. The average Bonchev–Trinajstić information content (AvgIpc) is 3.41. The molecule has 0 bridgehead atoms. The average molecular weight is 510 g/mol. The zero-order valence-electron chi connectivity index (χ0n) is 19.5. The minimum Gasteiger partial charge on any atom is -0.353 e. The number of hydrogen-bond donors (Lipinski definition) is 0. The Morgan fingerprint density at radius 3 is 2.40 bits per heavy atom. The highest BCUT2D eigenvalue weighted by Crippen LogP contribution is 2.31. The van der Waals surface area contributed by atoms with Crippen LogP contribution in [-0.4, -0.2) is 70.9 Å². The van der Waals surface area contributed by atoms with Gasteiger partial charge in [0.1, 0.15) is 11.5 Å². The van der Waals surface area contributed by atoms with Crippen molar-refractivity contribution in [3.63, 3.8) is 0 Å². The molecule has 0 spiro atoms. The maximum atomic E-state index is 13.1. The zero-order chi connectivity index (χ0) is 24.2.